The lowest BCUT2D eigenvalue weighted by Crippen LogP contribution is -2.24. The Bertz CT molecular complexity index is 797. The molecule has 0 aromatic carbocycles. The van der Waals surface area contributed by atoms with Gasteiger partial charge in [-0.1, -0.05) is 15.5 Å². The van der Waals surface area contributed by atoms with Crippen LogP contribution in [-0.2, 0) is 6.54 Å². The second kappa shape index (κ2) is 5.43. The van der Waals surface area contributed by atoms with E-state index in [0.717, 1.165) is 0 Å². The molecule has 3 aromatic heterocycles. The van der Waals surface area contributed by atoms with Crippen molar-refractivity contribution in [1.82, 2.24) is 25.8 Å². The number of carbonyl (C=O) groups is 1. The molecule has 1 amide bonds. The first kappa shape index (κ1) is 14.0. The maximum absolute atomic E-state index is 12.1. The topological polar surface area (TPSA) is 120 Å². The van der Waals surface area contributed by atoms with E-state index in [2.05, 4.69) is 25.8 Å². The average Bonchev–Trinajstić information content (AvgIpc) is 3.17. The fraction of sp³-hybridized carbons (Fsp3) is 0.308. The van der Waals surface area contributed by atoms with Gasteiger partial charge in [-0.15, -0.1) is 0 Å². The zero-order chi connectivity index (χ0) is 15.7. The number of aromatic nitrogens is 4. The van der Waals surface area contributed by atoms with Crippen molar-refractivity contribution < 1.29 is 18.4 Å². The quantitative estimate of drug-likeness (QED) is 0.771. The van der Waals surface area contributed by atoms with Crippen LogP contribution < -0.4 is 5.32 Å². The highest BCUT2D eigenvalue weighted by Crippen LogP contribution is 2.15. The number of rotatable bonds is 4. The van der Waals surface area contributed by atoms with Crippen molar-refractivity contribution in [2.24, 2.45) is 0 Å². The van der Waals surface area contributed by atoms with Gasteiger partial charge in [0.25, 0.3) is 5.91 Å². The molecule has 3 aromatic rings. The molecule has 9 nitrogen and oxygen atoms in total. The molecule has 0 aliphatic heterocycles. The molecular weight excluding hydrogens is 290 g/mol. The lowest BCUT2D eigenvalue weighted by Gasteiger charge is -2.00. The Kier molecular flexibility index (Phi) is 3.45. The molecule has 0 aliphatic rings. The first-order valence-electron chi connectivity index (χ1n) is 6.52. The fourth-order valence-corrected chi connectivity index (χ4v) is 1.95. The van der Waals surface area contributed by atoms with E-state index in [1.807, 2.05) is 0 Å². The Morgan fingerprint density at radius 2 is 1.95 bits per heavy atom. The first-order chi connectivity index (χ1) is 10.5. The maximum Gasteiger partial charge on any atom is 0.257 e. The number of nitrogens with one attached hydrogen (secondary N) is 1. The summed E-state index contributed by atoms with van der Waals surface area (Å²) in [6, 6.07) is 1.69. The van der Waals surface area contributed by atoms with E-state index in [-0.39, 0.29) is 18.3 Å². The van der Waals surface area contributed by atoms with E-state index < -0.39 is 0 Å². The Hall–Kier alpha value is -2.97. The molecule has 0 bridgehead atoms. The second-order valence-electron chi connectivity index (χ2n) is 4.72. The van der Waals surface area contributed by atoms with Gasteiger partial charge in [0.1, 0.15) is 17.1 Å². The van der Waals surface area contributed by atoms with E-state index in [4.69, 9.17) is 13.6 Å². The van der Waals surface area contributed by atoms with E-state index in [9.17, 15) is 4.79 Å². The highest BCUT2D eigenvalue weighted by atomic mass is 16.5. The molecule has 0 fully saturated rings. The molecule has 0 aliphatic carbocycles. The summed E-state index contributed by atoms with van der Waals surface area (Å²) in [5.74, 6) is 1.36. The molecule has 0 atom stereocenters. The van der Waals surface area contributed by atoms with Crippen LogP contribution in [0.4, 0.5) is 0 Å². The molecule has 3 heterocycles. The third kappa shape index (κ3) is 2.60. The first-order valence-corrected chi connectivity index (χ1v) is 6.52. The zero-order valence-electron chi connectivity index (χ0n) is 12.2. The normalized spacial score (nSPS) is 10.9. The zero-order valence-corrected chi connectivity index (χ0v) is 12.2. The summed E-state index contributed by atoms with van der Waals surface area (Å²) < 4.78 is 15.0. The van der Waals surface area contributed by atoms with Crippen molar-refractivity contribution in [3.8, 4) is 11.5 Å². The summed E-state index contributed by atoms with van der Waals surface area (Å²) in [6.45, 7) is 5.23. The van der Waals surface area contributed by atoms with Crippen LogP contribution in [0.5, 0.6) is 0 Å². The van der Waals surface area contributed by atoms with Crippen LogP contribution in [-0.4, -0.2) is 26.4 Å². The van der Waals surface area contributed by atoms with E-state index in [0.29, 0.717) is 34.3 Å². The summed E-state index contributed by atoms with van der Waals surface area (Å²) in [5.41, 5.74) is 1.41. The van der Waals surface area contributed by atoms with Gasteiger partial charge in [-0.3, -0.25) is 4.79 Å². The molecule has 3 rings (SSSR count). The number of amides is 1. The predicted octanol–water partition coefficient (Wildman–Crippen LogP) is 1.57. The molecule has 0 radical (unpaired) electrons. The highest BCUT2D eigenvalue weighted by molar-refractivity contribution is 5.95. The highest BCUT2D eigenvalue weighted by Gasteiger charge is 2.18. The average molecular weight is 303 g/mol. The molecule has 0 unspecified atom stereocenters. The minimum absolute atomic E-state index is 0.0900. The standard InChI is InChI=1S/C13H13N5O4/c1-6-4-9(17-20-6)12-15-10(22-18-12)5-14-13(19)11-7(2)16-21-8(11)3/h4H,5H2,1-3H3,(H,14,19). The van der Waals surface area contributed by atoms with Crippen LogP contribution in [0.1, 0.15) is 33.5 Å². The molecule has 0 saturated heterocycles. The molecule has 22 heavy (non-hydrogen) atoms. The van der Waals surface area contributed by atoms with Gasteiger partial charge in [0, 0.05) is 6.07 Å². The summed E-state index contributed by atoms with van der Waals surface area (Å²) in [4.78, 5) is 16.2. The number of aryl methyl sites for hydroxylation is 3. The van der Waals surface area contributed by atoms with Crippen molar-refractivity contribution in [3.05, 3.63) is 34.7 Å². The van der Waals surface area contributed by atoms with Gasteiger partial charge >= 0.3 is 0 Å². The molecule has 1 N–H and O–H groups in total. The van der Waals surface area contributed by atoms with Gasteiger partial charge in [0.15, 0.2) is 5.69 Å². The number of nitrogens with zero attached hydrogens (tertiary/aromatic N) is 4. The third-order valence-electron chi connectivity index (χ3n) is 2.99. The van der Waals surface area contributed by atoms with Crippen LogP contribution in [0, 0.1) is 20.8 Å². The predicted molar refractivity (Wildman–Crippen MR) is 71.7 cm³/mol. The molecule has 0 saturated carbocycles. The van der Waals surface area contributed by atoms with Crippen molar-refractivity contribution in [2.75, 3.05) is 0 Å². The van der Waals surface area contributed by atoms with Gasteiger partial charge < -0.3 is 18.9 Å². The fourth-order valence-electron chi connectivity index (χ4n) is 1.95. The molecular formula is C13H13N5O4. The lowest BCUT2D eigenvalue weighted by atomic mass is 10.2. The molecule has 0 spiro atoms. The summed E-state index contributed by atoms with van der Waals surface area (Å²) in [7, 11) is 0. The Labute approximate surface area is 124 Å². The van der Waals surface area contributed by atoms with E-state index in [1.54, 1.807) is 26.8 Å². The minimum atomic E-state index is -0.312. The van der Waals surface area contributed by atoms with E-state index >= 15 is 0 Å². The summed E-state index contributed by atoms with van der Waals surface area (Å²) in [5, 5.41) is 14.0. The minimum Gasteiger partial charge on any atom is -0.361 e. The monoisotopic (exact) mass is 303 g/mol. The second-order valence-corrected chi connectivity index (χ2v) is 4.72. The van der Waals surface area contributed by atoms with Crippen LogP contribution in [0.15, 0.2) is 19.6 Å². The Morgan fingerprint density at radius 3 is 2.59 bits per heavy atom. The van der Waals surface area contributed by atoms with Crippen molar-refractivity contribution in [1.29, 1.82) is 0 Å². The Morgan fingerprint density at radius 1 is 1.14 bits per heavy atom. The van der Waals surface area contributed by atoms with Crippen LogP contribution in [0.2, 0.25) is 0 Å². The van der Waals surface area contributed by atoms with Gasteiger partial charge in [0.2, 0.25) is 11.7 Å². The van der Waals surface area contributed by atoms with Crippen LogP contribution >= 0.6 is 0 Å². The number of carbonyl (C=O) groups excluding carboxylic acids is 1. The maximum atomic E-state index is 12.1. The van der Waals surface area contributed by atoms with Crippen LogP contribution in [0.25, 0.3) is 11.5 Å². The summed E-state index contributed by atoms with van der Waals surface area (Å²) >= 11 is 0. The Balaban J connectivity index is 1.67. The van der Waals surface area contributed by atoms with Crippen molar-refractivity contribution >= 4 is 5.91 Å². The van der Waals surface area contributed by atoms with Gasteiger partial charge in [-0.2, -0.15) is 4.98 Å². The van der Waals surface area contributed by atoms with Gasteiger partial charge in [-0.05, 0) is 20.8 Å². The van der Waals surface area contributed by atoms with Gasteiger partial charge in [-0.25, -0.2) is 0 Å². The lowest BCUT2D eigenvalue weighted by molar-refractivity contribution is 0.0944. The number of hydrogen-bond acceptors (Lipinski definition) is 8. The molecule has 114 valence electrons. The SMILES string of the molecule is Cc1cc(-c2noc(CNC(=O)c3c(C)noc3C)n2)no1. The van der Waals surface area contributed by atoms with E-state index in [1.165, 1.54) is 0 Å². The number of hydrogen-bond donors (Lipinski definition) is 1. The third-order valence-corrected chi connectivity index (χ3v) is 2.99. The summed E-state index contributed by atoms with van der Waals surface area (Å²) in [6.07, 6.45) is 0. The van der Waals surface area contributed by atoms with Crippen molar-refractivity contribution in [3.63, 3.8) is 0 Å². The smallest absolute Gasteiger partial charge is 0.257 e. The molecule has 9 heteroatoms. The van der Waals surface area contributed by atoms with Crippen LogP contribution in [0.3, 0.4) is 0 Å². The van der Waals surface area contributed by atoms with Crippen molar-refractivity contribution in [2.45, 2.75) is 27.3 Å². The largest absolute Gasteiger partial charge is 0.361 e. The van der Waals surface area contributed by atoms with Gasteiger partial charge in [0.05, 0.1) is 12.2 Å².